The Morgan fingerprint density at radius 2 is 0.952 bits per heavy atom. The first kappa shape index (κ1) is 53.6. The lowest BCUT2D eigenvalue weighted by molar-refractivity contribution is -0.349. The summed E-state index contributed by atoms with van der Waals surface area (Å²) in [5.74, 6) is -0.372. The Balaban J connectivity index is 1.19. The number of ether oxygens (including phenoxy) is 8. The van der Waals surface area contributed by atoms with Crippen LogP contribution in [0.5, 0.6) is 0 Å². The SMILES string of the molecule is CC(C)C1OC(COC2OC(COCCCCCC(O)C(O)C(O)C(O)COC3OC(CO)C(O)C(O)C3O)C(O)C(O)C2O)C(O)C(OC2OC(CO)C(O)C(O)C2O)C1O. The highest BCUT2D eigenvalue weighted by atomic mass is 16.7. The van der Waals surface area contributed by atoms with Crippen LogP contribution in [0.2, 0.25) is 0 Å². The topological polar surface area (TPSA) is 418 Å². The second-order valence-electron chi connectivity index (χ2n) is 16.6. The Bertz CT molecular complexity index is 1270. The number of aliphatic hydroxyl groups excluding tert-OH is 17. The normalized spacial score (nSPS) is 43.9. The summed E-state index contributed by atoms with van der Waals surface area (Å²) in [6.45, 7) is 0.540. The van der Waals surface area contributed by atoms with Crippen LogP contribution < -0.4 is 0 Å². The van der Waals surface area contributed by atoms with Gasteiger partial charge in [0.05, 0.1) is 45.2 Å². The molecule has 0 spiro atoms. The quantitative estimate of drug-likeness (QED) is 0.0448. The zero-order valence-corrected chi connectivity index (χ0v) is 34.4. The van der Waals surface area contributed by atoms with Gasteiger partial charge in [0, 0.05) is 6.61 Å². The molecule has 0 saturated carbocycles. The van der Waals surface area contributed by atoms with Gasteiger partial charge in [-0.3, -0.25) is 0 Å². The maximum atomic E-state index is 11.2. The van der Waals surface area contributed by atoms with Gasteiger partial charge < -0.3 is 125 Å². The predicted molar refractivity (Wildman–Crippen MR) is 200 cm³/mol. The van der Waals surface area contributed by atoms with E-state index in [0.29, 0.717) is 19.3 Å². The molecule has 0 aromatic carbocycles. The van der Waals surface area contributed by atoms with Crippen molar-refractivity contribution in [3.8, 4) is 0 Å². The summed E-state index contributed by atoms with van der Waals surface area (Å²) < 4.78 is 44.3. The fourth-order valence-corrected chi connectivity index (χ4v) is 7.59. The molecule has 4 rings (SSSR count). The zero-order chi connectivity index (χ0) is 46.2. The van der Waals surface area contributed by atoms with Crippen LogP contribution in [0.3, 0.4) is 0 Å². The maximum absolute atomic E-state index is 11.2. The van der Waals surface area contributed by atoms with E-state index in [4.69, 9.17) is 37.9 Å². The largest absolute Gasteiger partial charge is 0.394 e. The second-order valence-corrected chi connectivity index (χ2v) is 16.6. The van der Waals surface area contributed by atoms with Crippen LogP contribution in [-0.2, 0) is 37.9 Å². The fraction of sp³-hybridized carbons (Fsp3) is 1.00. The minimum absolute atomic E-state index is 0.0109. The third kappa shape index (κ3) is 13.1. The van der Waals surface area contributed by atoms with Gasteiger partial charge in [0.15, 0.2) is 18.9 Å². The smallest absolute Gasteiger partial charge is 0.187 e. The van der Waals surface area contributed by atoms with Crippen LogP contribution in [0.15, 0.2) is 0 Å². The molecular weight excluding hydrogens is 844 g/mol. The Hall–Kier alpha value is -1.00. The highest BCUT2D eigenvalue weighted by molar-refractivity contribution is 4.97. The van der Waals surface area contributed by atoms with Crippen molar-refractivity contribution in [2.24, 2.45) is 5.92 Å². The minimum atomic E-state index is -1.90. The molecule has 17 N–H and O–H groups in total. The Labute approximate surface area is 356 Å². The van der Waals surface area contributed by atoms with Crippen LogP contribution >= 0.6 is 0 Å². The molecule has 25 nitrogen and oxygen atoms in total. The first-order valence-electron chi connectivity index (χ1n) is 20.8. The molecule has 62 heavy (non-hydrogen) atoms. The average molecular weight is 913 g/mol. The molecule has 366 valence electrons. The Morgan fingerprint density at radius 3 is 1.52 bits per heavy atom. The summed E-state index contributed by atoms with van der Waals surface area (Å²) in [5, 5.41) is 175. The van der Waals surface area contributed by atoms with Crippen LogP contribution in [0.25, 0.3) is 0 Å². The number of aliphatic hydroxyl groups is 17. The van der Waals surface area contributed by atoms with Crippen molar-refractivity contribution >= 4 is 0 Å². The van der Waals surface area contributed by atoms with Crippen LogP contribution in [-0.4, -0.2) is 274 Å². The van der Waals surface area contributed by atoms with Gasteiger partial charge in [-0.25, -0.2) is 0 Å². The van der Waals surface area contributed by atoms with Gasteiger partial charge in [0.1, 0.15) is 116 Å². The molecule has 4 heterocycles. The summed E-state index contributed by atoms with van der Waals surface area (Å²) in [6, 6.07) is 0. The summed E-state index contributed by atoms with van der Waals surface area (Å²) in [7, 11) is 0. The summed E-state index contributed by atoms with van der Waals surface area (Å²) in [6.07, 6.45) is -37.0. The van der Waals surface area contributed by atoms with Gasteiger partial charge in [-0.1, -0.05) is 26.7 Å². The van der Waals surface area contributed by atoms with Gasteiger partial charge in [-0.05, 0) is 18.8 Å². The number of hydrogen-bond acceptors (Lipinski definition) is 25. The number of unbranched alkanes of at least 4 members (excludes halogenated alkanes) is 2. The highest BCUT2D eigenvalue weighted by Crippen LogP contribution is 2.33. The Morgan fingerprint density at radius 1 is 0.468 bits per heavy atom. The highest BCUT2D eigenvalue weighted by Gasteiger charge is 2.52. The molecule has 0 bridgehead atoms. The average Bonchev–Trinajstić information content (AvgIpc) is 3.25. The lowest BCUT2D eigenvalue weighted by atomic mass is 9.89. The van der Waals surface area contributed by atoms with Crippen LogP contribution in [0.1, 0.15) is 39.5 Å². The molecular formula is C37H68O25. The lowest BCUT2D eigenvalue weighted by Gasteiger charge is -2.47. The van der Waals surface area contributed by atoms with E-state index in [-0.39, 0.29) is 25.6 Å². The molecule has 0 radical (unpaired) electrons. The van der Waals surface area contributed by atoms with Gasteiger partial charge in [-0.2, -0.15) is 0 Å². The molecule has 25 heteroatoms. The van der Waals surface area contributed by atoms with E-state index in [1.165, 1.54) is 0 Å². The van der Waals surface area contributed by atoms with Crippen molar-refractivity contribution in [3.05, 3.63) is 0 Å². The predicted octanol–water partition coefficient (Wildman–Crippen LogP) is -9.02. The van der Waals surface area contributed by atoms with Gasteiger partial charge in [-0.15, -0.1) is 0 Å². The van der Waals surface area contributed by atoms with E-state index in [1.54, 1.807) is 13.8 Å². The molecule has 24 unspecified atom stereocenters. The van der Waals surface area contributed by atoms with Crippen molar-refractivity contribution in [1.29, 1.82) is 0 Å². The summed E-state index contributed by atoms with van der Waals surface area (Å²) in [5.41, 5.74) is 0. The van der Waals surface area contributed by atoms with Gasteiger partial charge >= 0.3 is 0 Å². The first-order chi connectivity index (χ1) is 29.2. The number of rotatable bonds is 22. The van der Waals surface area contributed by atoms with Crippen molar-refractivity contribution in [1.82, 2.24) is 0 Å². The zero-order valence-electron chi connectivity index (χ0n) is 34.4. The summed E-state index contributed by atoms with van der Waals surface area (Å²) >= 11 is 0. The lowest BCUT2D eigenvalue weighted by Crippen LogP contribution is -2.65. The molecule has 4 saturated heterocycles. The standard InChI is InChI=1S/C37H68O25/c1-13(2)33-32(54)34(62-37-31(53)27(49)23(45)17(9-39)60-37)25(47)19(58-33)12-57-36-30(52)28(50)24(46)18(61-36)11-55-7-5-3-4-6-14(40)20(42)21(43)15(41)10-56-35-29(51)26(48)22(44)16(8-38)59-35/h13-54H,3-12H2,1-2H3. The van der Waals surface area contributed by atoms with E-state index in [9.17, 15) is 86.8 Å². The molecule has 4 fully saturated rings. The van der Waals surface area contributed by atoms with E-state index in [0.717, 1.165) is 0 Å². The molecule has 0 aromatic rings. The van der Waals surface area contributed by atoms with Crippen molar-refractivity contribution in [3.63, 3.8) is 0 Å². The van der Waals surface area contributed by atoms with Gasteiger partial charge in [0.2, 0.25) is 0 Å². The monoisotopic (exact) mass is 912 g/mol. The van der Waals surface area contributed by atoms with Crippen molar-refractivity contribution in [2.45, 2.75) is 187 Å². The molecule has 0 aliphatic carbocycles. The first-order valence-corrected chi connectivity index (χ1v) is 20.8. The summed E-state index contributed by atoms with van der Waals surface area (Å²) in [4.78, 5) is 0. The minimum Gasteiger partial charge on any atom is -0.394 e. The number of hydrogen-bond donors (Lipinski definition) is 17. The Kier molecular flexibility index (Phi) is 21.3. The third-order valence-electron chi connectivity index (χ3n) is 11.6. The third-order valence-corrected chi connectivity index (χ3v) is 11.6. The maximum Gasteiger partial charge on any atom is 0.187 e. The van der Waals surface area contributed by atoms with E-state index >= 15 is 0 Å². The fourth-order valence-electron chi connectivity index (χ4n) is 7.59. The van der Waals surface area contributed by atoms with Crippen molar-refractivity contribution in [2.75, 3.05) is 39.6 Å². The molecule has 24 atom stereocenters. The molecule has 4 aliphatic rings. The molecule has 0 aromatic heterocycles. The van der Waals surface area contributed by atoms with Crippen LogP contribution in [0.4, 0.5) is 0 Å². The molecule has 4 aliphatic heterocycles. The second kappa shape index (κ2) is 24.7. The van der Waals surface area contributed by atoms with Crippen molar-refractivity contribution < 1.29 is 125 Å². The van der Waals surface area contributed by atoms with Gasteiger partial charge in [0.25, 0.3) is 0 Å². The van der Waals surface area contributed by atoms with E-state index < -0.39 is 173 Å². The van der Waals surface area contributed by atoms with Crippen LogP contribution in [0, 0.1) is 5.92 Å². The molecule has 0 amide bonds. The van der Waals surface area contributed by atoms with E-state index in [2.05, 4.69) is 0 Å². The van der Waals surface area contributed by atoms with E-state index in [1.807, 2.05) is 0 Å².